The van der Waals surface area contributed by atoms with Gasteiger partial charge in [0, 0.05) is 29.0 Å². The van der Waals surface area contributed by atoms with Crippen LogP contribution in [0.25, 0.3) is 10.9 Å². The number of carbonyl (C=O) groups is 1. The van der Waals surface area contributed by atoms with Gasteiger partial charge in [-0.2, -0.15) is 5.10 Å². The Morgan fingerprint density at radius 2 is 1.73 bits per heavy atom. The topological polar surface area (TPSA) is 96.7 Å². The first kappa shape index (κ1) is 15.8. The van der Waals surface area contributed by atoms with Crippen LogP contribution in [0.5, 0.6) is 0 Å². The number of aromatic amines is 1. The zero-order valence-electron chi connectivity index (χ0n) is 13.9. The second-order valence-corrected chi connectivity index (χ2v) is 6.05. The van der Waals surface area contributed by atoms with Crippen LogP contribution in [0.15, 0.2) is 67.0 Å². The zero-order chi connectivity index (χ0) is 17.9. The molecule has 0 aliphatic carbocycles. The maximum Gasteiger partial charge on any atom is 0.255 e. The number of nitrogens with one attached hydrogen (secondary N) is 2. The fraction of sp³-hybridized carbons (Fsp3) is 0.0500. The molecule has 0 unspecified atom stereocenters. The molecular formula is C20H17N5O. The molecule has 2 aromatic heterocycles. The number of nitrogen functional groups attached to an aromatic ring is 1. The van der Waals surface area contributed by atoms with Crippen molar-refractivity contribution in [3.8, 4) is 0 Å². The highest BCUT2D eigenvalue weighted by Crippen LogP contribution is 2.20. The summed E-state index contributed by atoms with van der Waals surface area (Å²) in [6.07, 6.45) is 4.40. The highest BCUT2D eigenvalue weighted by atomic mass is 16.1. The molecule has 0 saturated heterocycles. The third kappa shape index (κ3) is 3.25. The Hall–Kier alpha value is -3.67. The Kier molecular flexibility index (Phi) is 4.07. The molecular weight excluding hydrogens is 326 g/mol. The van der Waals surface area contributed by atoms with Crippen molar-refractivity contribution in [3.05, 3.63) is 83.7 Å². The average Bonchev–Trinajstić information content (AvgIpc) is 3.04. The van der Waals surface area contributed by atoms with E-state index >= 15 is 0 Å². The molecule has 2 heterocycles. The molecule has 0 aliphatic rings. The van der Waals surface area contributed by atoms with E-state index < -0.39 is 0 Å². The Morgan fingerprint density at radius 3 is 2.50 bits per heavy atom. The summed E-state index contributed by atoms with van der Waals surface area (Å²) in [5, 5.41) is 10.4. The van der Waals surface area contributed by atoms with Gasteiger partial charge in [-0.15, -0.1) is 0 Å². The number of H-pyrrole nitrogens is 1. The van der Waals surface area contributed by atoms with Crippen LogP contribution >= 0.6 is 0 Å². The molecule has 4 rings (SSSR count). The zero-order valence-corrected chi connectivity index (χ0v) is 13.9. The Morgan fingerprint density at radius 1 is 1.00 bits per heavy atom. The number of rotatable bonds is 4. The maximum absolute atomic E-state index is 12.5. The van der Waals surface area contributed by atoms with E-state index in [1.807, 2.05) is 36.4 Å². The molecule has 1 amide bonds. The number of hydrogen-bond acceptors (Lipinski definition) is 4. The van der Waals surface area contributed by atoms with Gasteiger partial charge in [0.05, 0.1) is 5.52 Å². The van der Waals surface area contributed by atoms with Crippen molar-refractivity contribution in [1.82, 2.24) is 15.2 Å². The van der Waals surface area contributed by atoms with Gasteiger partial charge >= 0.3 is 0 Å². The SMILES string of the molecule is Nc1n[nH]c2ccc(C(=O)Nc3ccc(Cc4ccncc4)cc3)cc12. The van der Waals surface area contributed by atoms with E-state index in [2.05, 4.69) is 20.5 Å². The number of hydrogen-bond donors (Lipinski definition) is 3. The van der Waals surface area contributed by atoms with Crippen LogP contribution < -0.4 is 11.1 Å². The first-order valence-corrected chi connectivity index (χ1v) is 8.22. The summed E-state index contributed by atoms with van der Waals surface area (Å²) in [4.78, 5) is 16.5. The van der Waals surface area contributed by atoms with Gasteiger partial charge in [0.2, 0.25) is 0 Å². The van der Waals surface area contributed by atoms with Gasteiger partial charge in [-0.3, -0.25) is 14.9 Å². The predicted octanol–water partition coefficient (Wildman–Crippen LogP) is 3.38. The van der Waals surface area contributed by atoms with E-state index in [4.69, 9.17) is 5.73 Å². The van der Waals surface area contributed by atoms with E-state index in [0.29, 0.717) is 11.4 Å². The number of nitrogens with zero attached hydrogens (tertiary/aromatic N) is 2. The van der Waals surface area contributed by atoms with E-state index in [-0.39, 0.29) is 5.91 Å². The molecule has 0 aliphatic heterocycles. The first-order valence-electron chi connectivity index (χ1n) is 8.22. The molecule has 6 nitrogen and oxygen atoms in total. The van der Waals surface area contributed by atoms with Crippen molar-refractivity contribution in [2.45, 2.75) is 6.42 Å². The number of pyridine rings is 1. The van der Waals surface area contributed by atoms with Gasteiger partial charge in [0.25, 0.3) is 5.91 Å². The largest absolute Gasteiger partial charge is 0.382 e. The molecule has 0 atom stereocenters. The quantitative estimate of drug-likeness (QED) is 0.529. The van der Waals surface area contributed by atoms with E-state index in [1.165, 1.54) is 11.1 Å². The third-order valence-electron chi connectivity index (χ3n) is 4.22. The lowest BCUT2D eigenvalue weighted by molar-refractivity contribution is 0.102. The molecule has 128 valence electrons. The predicted molar refractivity (Wildman–Crippen MR) is 102 cm³/mol. The van der Waals surface area contributed by atoms with Crippen molar-refractivity contribution in [1.29, 1.82) is 0 Å². The number of fused-ring (bicyclic) bond motifs is 1. The van der Waals surface area contributed by atoms with Crippen LogP contribution in [-0.2, 0) is 6.42 Å². The van der Waals surface area contributed by atoms with Crippen molar-refractivity contribution in [2.24, 2.45) is 0 Å². The van der Waals surface area contributed by atoms with E-state index in [1.54, 1.807) is 30.6 Å². The van der Waals surface area contributed by atoms with Crippen molar-refractivity contribution in [3.63, 3.8) is 0 Å². The fourth-order valence-corrected chi connectivity index (χ4v) is 2.82. The first-order chi connectivity index (χ1) is 12.7. The lowest BCUT2D eigenvalue weighted by Crippen LogP contribution is -2.11. The number of nitrogens with two attached hydrogens (primary N) is 1. The molecule has 26 heavy (non-hydrogen) atoms. The fourth-order valence-electron chi connectivity index (χ4n) is 2.82. The normalized spacial score (nSPS) is 10.8. The highest BCUT2D eigenvalue weighted by molar-refractivity contribution is 6.07. The lowest BCUT2D eigenvalue weighted by atomic mass is 10.1. The summed E-state index contributed by atoms with van der Waals surface area (Å²) in [6, 6.07) is 17.1. The van der Waals surface area contributed by atoms with Gasteiger partial charge in [-0.1, -0.05) is 12.1 Å². The maximum atomic E-state index is 12.5. The summed E-state index contributed by atoms with van der Waals surface area (Å²) in [7, 11) is 0. The van der Waals surface area contributed by atoms with Crippen LogP contribution in [0, 0.1) is 0 Å². The highest BCUT2D eigenvalue weighted by Gasteiger charge is 2.10. The second kappa shape index (κ2) is 6.68. The Labute approximate surface area is 150 Å². The molecule has 0 saturated carbocycles. The minimum absolute atomic E-state index is 0.186. The molecule has 4 aromatic rings. The molecule has 0 bridgehead atoms. The number of aromatic nitrogens is 3. The van der Waals surface area contributed by atoms with Crippen LogP contribution in [0.3, 0.4) is 0 Å². The van der Waals surface area contributed by atoms with Crippen molar-refractivity contribution in [2.75, 3.05) is 11.1 Å². The van der Waals surface area contributed by atoms with Crippen LogP contribution in [0.1, 0.15) is 21.5 Å². The molecule has 6 heteroatoms. The van der Waals surface area contributed by atoms with Crippen molar-refractivity contribution < 1.29 is 4.79 Å². The minimum Gasteiger partial charge on any atom is -0.382 e. The lowest BCUT2D eigenvalue weighted by Gasteiger charge is -2.07. The number of benzene rings is 2. The van der Waals surface area contributed by atoms with Gasteiger partial charge in [0.1, 0.15) is 0 Å². The van der Waals surface area contributed by atoms with Crippen LogP contribution in [-0.4, -0.2) is 21.1 Å². The molecule has 0 fully saturated rings. The van der Waals surface area contributed by atoms with Gasteiger partial charge in [-0.05, 0) is 60.0 Å². The standard InChI is InChI=1S/C20H17N5O/c21-19-17-12-15(3-6-18(17)24-25-19)20(26)23-16-4-1-13(2-5-16)11-14-7-9-22-10-8-14/h1-10,12H,11H2,(H,23,26)(H3,21,24,25). The smallest absolute Gasteiger partial charge is 0.255 e. The summed E-state index contributed by atoms with van der Waals surface area (Å²) in [6.45, 7) is 0. The van der Waals surface area contributed by atoms with Gasteiger partial charge in [-0.25, -0.2) is 0 Å². The number of carbonyl (C=O) groups excluding carboxylic acids is 1. The Balaban J connectivity index is 1.47. The van der Waals surface area contributed by atoms with Crippen molar-refractivity contribution >= 4 is 28.3 Å². The van der Waals surface area contributed by atoms with Crippen LogP contribution in [0.2, 0.25) is 0 Å². The van der Waals surface area contributed by atoms with E-state index in [9.17, 15) is 4.79 Å². The average molecular weight is 343 g/mol. The van der Waals surface area contributed by atoms with Gasteiger partial charge in [0.15, 0.2) is 5.82 Å². The summed E-state index contributed by atoms with van der Waals surface area (Å²) in [5.41, 5.74) is 10.2. The molecule has 4 N–H and O–H groups in total. The summed E-state index contributed by atoms with van der Waals surface area (Å²) >= 11 is 0. The van der Waals surface area contributed by atoms with Crippen LogP contribution in [0.4, 0.5) is 11.5 Å². The summed E-state index contributed by atoms with van der Waals surface area (Å²) in [5.74, 6) is 0.199. The molecule has 2 aromatic carbocycles. The monoisotopic (exact) mass is 343 g/mol. The Bertz CT molecular complexity index is 1050. The molecule has 0 spiro atoms. The third-order valence-corrected chi connectivity index (χ3v) is 4.22. The minimum atomic E-state index is -0.186. The summed E-state index contributed by atoms with van der Waals surface area (Å²) < 4.78 is 0. The van der Waals surface area contributed by atoms with E-state index in [0.717, 1.165) is 23.0 Å². The molecule has 0 radical (unpaired) electrons. The second-order valence-electron chi connectivity index (χ2n) is 6.05. The number of amides is 1. The number of anilines is 2. The van der Waals surface area contributed by atoms with Gasteiger partial charge < -0.3 is 11.1 Å².